The Labute approximate surface area is 120 Å². The quantitative estimate of drug-likeness (QED) is 0.714. The van der Waals surface area contributed by atoms with E-state index >= 15 is 0 Å². The van der Waals surface area contributed by atoms with Gasteiger partial charge in [0, 0.05) is 12.5 Å². The second kappa shape index (κ2) is 8.43. The lowest BCUT2D eigenvalue weighted by atomic mass is 10.0. The number of ether oxygens (including phenoxy) is 1. The molecule has 1 aromatic carbocycles. The monoisotopic (exact) mass is 280 g/mol. The fourth-order valence-electron chi connectivity index (χ4n) is 1.94. The van der Waals surface area contributed by atoms with Crippen LogP contribution in [0.5, 0.6) is 5.75 Å². The number of aliphatic hydroxyl groups excluding tert-OH is 1. The van der Waals surface area contributed by atoms with Crippen molar-refractivity contribution in [1.29, 1.82) is 0 Å². The van der Waals surface area contributed by atoms with Gasteiger partial charge in [0.05, 0.1) is 19.8 Å². The summed E-state index contributed by atoms with van der Waals surface area (Å²) in [7, 11) is 1.64. The summed E-state index contributed by atoms with van der Waals surface area (Å²) in [5.74, 6) is 0.968. The van der Waals surface area contributed by atoms with Crippen LogP contribution in [0.4, 0.5) is 4.79 Å². The van der Waals surface area contributed by atoms with Crippen molar-refractivity contribution in [2.45, 2.75) is 32.2 Å². The maximum Gasteiger partial charge on any atom is 0.315 e. The van der Waals surface area contributed by atoms with Gasteiger partial charge in [-0.3, -0.25) is 0 Å². The van der Waals surface area contributed by atoms with E-state index in [9.17, 15) is 4.79 Å². The molecule has 20 heavy (non-hydrogen) atoms. The van der Waals surface area contributed by atoms with Crippen LogP contribution in [0.3, 0.4) is 0 Å². The summed E-state index contributed by atoms with van der Waals surface area (Å²) in [5, 5.41) is 14.6. The van der Waals surface area contributed by atoms with Crippen molar-refractivity contribution in [1.82, 2.24) is 10.6 Å². The molecule has 0 heterocycles. The number of aliphatic hydroxyl groups is 1. The summed E-state index contributed by atoms with van der Waals surface area (Å²) in [6, 6.07) is 7.32. The zero-order valence-corrected chi connectivity index (χ0v) is 12.3. The molecule has 0 saturated heterocycles. The van der Waals surface area contributed by atoms with Crippen molar-refractivity contribution in [2.75, 3.05) is 20.3 Å². The van der Waals surface area contributed by atoms with Crippen LogP contribution < -0.4 is 15.4 Å². The fourth-order valence-corrected chi connectivity index (χ4v) is 1.94. The lowest BCUT2D eigenvalue weighted by Gasteiger charge is -2.18. The van der Waals surface area contributed by atoms with E-state index in [1.165, 1.54) is 0 Å². The van der Waals surface area contributed by atoms with Crippen molar-refractivity contribution >= 4 is 6.03 Å². The Morgan fingerprint density at radius 2 is 2.10 bits per heavy atom. The fraction of sp³-hybridized carbons (Fsp3) is 0.533. The Balaban J connectivity index is 2.50. The average Bonchev–Trinajstić information content (AvgIpc) is 2.50. The van der Waals surface area contributed by atoms with Gasteiger partial charge in [-0.1, -0.05) is 32.0 Å². The van der Waals surface area contributed by atoms with Gasteiger partial charge in [0.2, 0.25) is 0 Å². The van der Waals surface area contributed by atoms with Crippen molar-refractivity contribution in [3.63, 3.8) is 0 Å². The number of hydrogen-bond donors (Lipinski definition) is 3. The average molecular weight is 280 g/mol. The van der Waals surface area contributed by atoms with E-state index in [-0.39, 0.29) is 24.6 Å². The van der Waals surface area contributed by atoms with Crippen LogP contribution in [-0.2, 0) is 0 Å². The van der Waals surface area contributed by atoms with Gasteiger partial charge in [-0.2, -0.15) is 0 Å². The Kier molecular flexibility index (Phi) is 6.87. The molecule has 5 heteroatoms. The minimum absolute atomic E-state index is 0.0496. The van der Waals surface area contributed by atoms with E-state index in [1.807, 2.05) is 38.1 Å². The van der Waals surface area contributed by atoms with Gasteiger partial charge in [0.1, 0.15) is 5.75 Å². The van der Waals surface area contributed by atoms with E-state index < -0.39 is 0 Å². The van der Waals surface area contributed by atoms with Gasteiger partial charge in [0.15, 0.2) is 0 Å². The van der Waals surface area contributed by atoms with Crippen LogP contribution in [0.1, 0.15) is 31.7 Å². The highest BCUT2D eigenvalue weighted by Gasteiger charge is 2.13. The number of rotatable bonds is 7. The normalized spacial score (nSPS) is 13.4. The standard InChI is InChI=1S/C15H24N2O3/c1-4-12(10-18)17-15(19)16-9-11(2)13-7-5-6-8-14(13)20-3/h5-8,11-12,18H,4,9-10H2,1-3H3,(H2,16,17,19). The summed E-state index contributed by atoms with van der Waals surface area (Å²) < 4.78 is 5.31. The maximum atomic E-state index is 11.7. The molecule has 2 amide bonds. The minimum Gasteiger partial charge on any atom is -0.496 e. The molecule has 0 aliphatic rings. The van der Waals surface area contributed by atoms with Gasteiger partial charge in [-0.15, -0.1) is 0 Å². The Hall–Kier alpha value is -1.75. The van der Waals surface area contributed by atoms with Gasteiger partial charge in [0.25, 0.3) is 0 Å². The van der Waals surface area contributed by atoms with Crippen LogP contribution >= 0.6 is 0 Å². The Bertz CT molecular complexity index is 419. The maximum absolute atomic E-state index is 11.7. The molecule has 3 N–H and O–H groups in total. The number of amides is 2. The number of methoxy groups -OCH3 is 1. The van der Waals surface area contributed by atoms with Crippen LogP contribution in [-0.4, -0.2) is 37.4 Å². The smallest absolute Gasteiger partial charge is 0.315 e. The third kappa shape index (κ3) is 4.74. The van der Waals surface area contributed by atoms with Gasteiger partial charge >= 0.3 is 6.03 Å². The van der Waals surface area contributed by atoms with E-state index in [2.05, 4.69) is 10.6 Å². The molecule has 0 radical (unpaired) electrons. The van der Waals surface area contributed by atoms with E-state index in [1.54, 1.807) is 7.11 Å². The van der Waals surface area contributed by atoms with Gasteiger partial charge < -0.3 is 20.5 Å². The van der Waals surface area contributed by atoms with Crippen molar-refractivity contribution in [3.8, 4) is 5.75 Å². The first-order chi connectivity index (χ1) is 9.62. The number of para-hydroxylation sites is 1. The highest BCUT2D eigenvalue weighted by Crippen LogP contribution is 2.25. The number of hydrogen-bond acceptors (Lipinski definition) is 3. The van der Waals surface area contributed by atoms with E-state index in [0.29, 0.717) is 13.0 Å². The highest BCUT2D eigenvalue weighted by molar-refractivity contribution is 5.74. The molecule has 0 aliphatic heterocycles. The molecular formula is C15H24N2O3. The van der Waals surface area contributed by atoms with Crippen LogP contribution in [0.25, 0.3) is 0 Å². The number of nitrogens with one attached hydrogen (secondary N) is 2. The molecule has 0 spiro atoms. The van der Waals surface area contributed by atoms with E-state index in [0.717, 1.165) is 11.3 Å². The van der Waals surface area contributed by atoms with Crippen LogP contribution in [0, 0.1) is 0 Å². The molecule has 2 atom stereocenters. The number of urea groups is 1. The molecule has 0 fully saturated rings. The Morgan fingerprint density at radius 3 is 2.70 bits per heavy atom. The molecule has 1 aromatic rings. The van der Waals surface area contributed by atoms with Crippen LogP contribution in [0.15, 0.2) is 24.3 Å². The second-order valence-corrected chi connectivity index (χ2v) is 4.79. The number of carbonyl (C=O) groups excluding carboxylic acids is 1. The largest absolute Gasteiger partial charge is 0.496 e. The lowest BCUT2D eigenvalue weighted by Crippen LogP contribution is -2.44. The third-order valence-corrected chi connectivity index (χ3v) is 3.29. The minimum atomic E-state index is -0.257. The zero-order chi connectivity index (χ0) is 15.0. The number of carbonyl (C=O) groups is 1. The molecule has 0 aromatic heterocycles. The third-order valence-electron chi connectivity index (χ3n) is 3.29. The summed E-state index contributed by atoms with van der Waals surface area (Å²) in [6.45, 7) is 4.40. The van der Waals surface area contributed by atoms with Crippen molar-refractivity contribution in [2.24, 2.45) is 0 Å². The predicted molar refractivity (Wildman–Crippen MR) is 79.1 cm³/mol. The Morgan fingerprint density at radius 1 is 1.40 bits per heavy atom. The molecule has 5 nitrogen and oxygen atoms in total. The summed E-state index contributed by atoms with van der Waals surface area (Å²) in [4.78, 5) is 11.7. The second-order valence-electron chi connectivity index (χ2n) is 4.79. The first-order valence-corrected chi connectivity index (χ1v) is 6.90. The zero-order valence-electron chi connectivity index (χ0n) is 12.3. The molecule has 0 aliphatic carbocycles. The van der Waals surface area contributed by atoms with Crippen molar-refractivity contribution < 1.29 is 14.6 Å². The van der Waals surface area contributed by atoms with Crippen molar-refractivity contribution in [3.05, 3.63) is 29.8 Å². The molecule has 2 unspecified atom stereocenters. The van der Waals surface area contributed by atoms with E-state index in [4.69, 9.17) is 9.84 Å². The number of benzene rings is 1. The first-order valence-electron chi connectivity index (χ1n) is 6.90. The highest BCUT2D eigenvalue weighted by atomic mass is 16.5. The molecule has 112 valence electrons. The topological polar surface area (TPSA) is 70.6 Å². The molecule has 0 bridgehead atoms. The SMILES string of the molecule is CCC(CO)NC(=O)NCC(C)c1ccccc1OC. The summed E-state index contributed by atoms with van der Waals surface area (Å²) in [6.07, 6.45) is 0.700. The predicted octanol–water partition coefficient (Wildman–Crippen LogP) is 1.87. The summed E-state index contributed by atoms with van der Waals surface area (Å²) in [5.41, 5.74) is 1.06. The molecule has 0 saturated carbocycles. The summed E-state index contributed by atoms with van der Waals surface area (Å²) >= 11 is 0. The van der Waals surface area contributed by atoms with Crippen LogP contribution in [0.2, 0.25) is 0 Å². The lowest BCUT2D eigenvalue weighted by molar-refractivity contribution is 0.214. The molecular weight excluding hydrogens is 256 g/mol. The van der Waals surface area contributed by atoms with Gasteiger partial charge in [-0.05, 0) is 18.1 Å². The molecule has 1 rings (SSSR count). The first kappa shape index (κ1) is 16.3. The van der Waals surface area contributed by atoms with Gasteiger partial charge in [-0.25, -0.2) is 4.79 Å².